The fourth-order valence-corrected chi connectivity index (χ4v) is 2.39. The van der Waals surface area contributed by atoms with Gasteiger partial charge in [0.05, 0.1) is 19.3 Å². The summed E-state index contributed by atoms with van der Waals surface area (Å²) in [5.41, 5.74) is 6.05. The third-order valence-electron chi connectivity index (χ3n) is 3.09. The Morgan fingerprint density at radius 2 is 2.16 bits per heavy atom. The molecule has 3 N–H and O–H groups in total. The highest BCUT2D eigenvalue weighted by atomic mass is 79.9. The molecule has 0 radical (unpaired) electrons. The van der Waals surface area contributed by atoms with E-state index in [-0.39, 0.29) is 6.04 Å². The van der Waals surface area contributed by atoms with Gasteiger partial charge in [-0.3, -0.25) is 10.8 Å². The molecule has 1 atom stereocenters. The second kappa shape index (κ2) is 6.14. The number of ether oxygens (including phenoxy) is 1. The Morgan fingerprint density at radius 1 is 1.37 bits per heavy atom. The van der Waals surface area contributed by atoms with Crippen molar-refractivity contribution < 1.29 is 4.74 Å². The van der Waals surface area contributed by atoms with E-state index in [2.05, 4.69) is 33.3 Å². The Balaban J connectivity index is 2.46. The zero-order valence-electron chi connectivity index (χ0n) is 10.9. The van der Waals surface area contributed by atoms with Gasteiger partial charge in [0.1, 0.15) is 5.75 Å². The van der Waals surface area contributed by atoms with Crippen molar-refractivity contribution in [3.8, 4) is 5.75 Å². The van der Waals surface area contributed by atoms with Crippen LogP contribution in [0.3, 0.4) is 0 Å². The number of methoxy groups -OCH3 is 1. The van der Waals surface area contributed by atoms with E-state index in [4.69, 9.17) is 10.6 Å². The number of benzene rings is 1. The van der Waals surface area contributed by atoms with Crippen LogP contribution < -0.4 is 16.0 Å². The molecule has 0 spiro atoms. The van der Waals surface area contributed by atoms with Gasteiger partial charge in [0.2, 0.25) is 0 Å². The van der Waals surface area contributed by atoms with Crippen LogP contribution in [0.4, 0.5) is 0 Å². The number of hydrazine groups is 1. The van der Waals surface area contributed by atoms with Gasteiger partial charge < -0.3 is 4.74 Å². The second-order valence-electron chi connectivity index (χ2n) is 4.21. The first-order valence-corrected chi connectivity index (χ1v) is 6.66. The van der Waals surface area contributed by atoms with Crippen LogP contribution in [0, 0.1) is 6.92 Å². The first-order chi connectivity index (χ1) is 9.17. The molecule has 0 aliphatic rings. The van der Waals surface area contributed by atoms with Crippen molar-refractivity contribution in [2.45, 2.75) is 13.0 Å². The van der Waals surface area contributed by atoms with Crippen molar-refractivity contribution in [1.82, 2.24) is 10.4 Å². The molecule has 1 heterocycles. The van der Waals surface area contributed by atoms with Crippen LogP contribution in [0.25, 0.3) is 0 Å². The van der Waals surface area contributed by atoms with Crippen molar-refractivity contribution in [2.24, 2.45) is 5.84 Å². The second-order valence-corrected chi connectivity index (χ2v) is 5.07. The quantitative estimate of drug-likeness (QED) is 0.671. The number of halogens is 1. The van der Waals surface area contributed by atoms with Gasteiger partial charge in [-0.1, -0.05) is 28.1 Å². The minimum Gasteiger partial charge on any atom is -0.495 e. The number of nitrogens with two attached hydrogens (primary N) is 1. The molecule has 0 saturated carbocycles. The van der Waals surface area contributed by atoms with Gasteiger partial charge in [-0.2, -0.15) is 0 Å². The minimum atomic E-state index is -0.125. The summed E-state index contributed by atoms with van der Waals surface area (Å²) in [5.74, 6) is 6.43. The molecule has 1 aromatic heterocycles. The van der Waals surface area contributed by atoms with E-state index in [9.17, 15) is 0 Å². The lowest BCUT2D eigenvalue weighted by molar-refractivity contribution is 0.411. The summed E-state index contributed by atoms with van der Waals surface area (Å²) in [7, 11) is 1.62. The normalized spacial score (nSPS) is 12.2. The first-order valence-electron chi connectivity index (χ1n) is 5.87. The molecule has 0 bridgehead atoms. The van der Waals surface area contributed by atoms with Crippen LogP contribution in [0.2, 0.25) is 0 Å². The molecule has 100 valence electrons. The smallest absolute Gasteiger partial charge is 0.137 e. The molecule has 2 rings (SSSR count). The van der Waals surface area contributed by atoms with Gasteiger partial charge in [0.15, 0.2) is 0 Å². The molecule has 0 aliphatic carbocycles. The average Bonchev–Trinajstić information content (AvgIpc) is 2.44. The summed E-state index contributed by atoms with van der Waals surface area (Å²) in [6.07, 6.45) is 3.46. The Kier molecular flexibility index (Phi) is 4.52. The molecule has 1 aromatic carbocycles. The highest BCUT2D eigenvalue weighted by Crippen LogP contribution is 2.29. The number of pyridine rings is 1. The molecule has 0 aliphatic heterocycles. The zero-order valence-corrected chi connectivity index (χ0v) is 12.4. The maximum absolute atomic E-state index is 5.71. The van der Waals surface area contributed by atoms with Crippen LogP contribution >= 0.6 is 15.9 Å². The van der Waals surface area contributed by atoms with Gasteiger partial charge in [0.25, 0.3) is 0 Å². The summed E-state index contributed by atoms with van der Waals surface area (Å²) in [5, 5.41) is 0. The standard InChI is InChI=1S/C14H16BrN3O/c1-9-12(4-3-5-13(9)15)14(18-16)10-6-11(19-2)8-17-7-10/h3-8,14,18H,16H2,1-2H3. The number of rotatable bonds is 4. The van der Waals surface area contributed by atoms with Crippen molar-refractivity contribution in [3.05, 3.63) is 57.8 Å². The fourth-order valence-electron chi connectivity index (χ4n) is 2.01. The van der Waals surface area contributed by atoms with Crippen LogP contribution in [0.1, 0.15) is 22.7 Å². The summed E-state index contributed by atoms with van der Waals surface area (Å²) in [4.78, 5) is 4.17. The first kappa shape index (κ1) is 14.0. The SMILES string of the molecule is COc1cncc(C(NN)c2cccc(Br)c2C)c1. The summed E-state index contributed by atoms with van der Waals surface area (Å²) >= 11 is 3.54. The molecule has 4 nitrogen and oxygen atoms in total. The summed E-state index contributed by atoms with van der Waals surface area (Å²) < 4.78 is 6.26. The molecule has 0 saturated heterocycles. The lowest BCUT2D eigenvalue weighted by atomic mass is 9.96. The average molecular weight is 322 g/mol. The van der Waals surface area contributed by atoms with E-state index in [1.807, 2.05) is 24.3 Å². The number of hydrogen-bond donors (Lipinski definition) is 2. The van der Waals surface area contributed by atoms with Crippen LogP contribution in [0.5, 0.6) is 5.75 Å². The molecule has 1 unspecified atom stereocenters. The van der Waals surface area contributed by atoms with Gasteiger partial charge >= 0.3 is 0 Å². The summed E-state index contributed by atoms with van der Waals surface area (Å²) in [6.45, 7) is 2.05. The third-order valence-corrected chi connectivity index (χ3v) is 3.95. The minimum absolute atomic E-state index is 0.125. The van der Waals surface area contributed by atoms with Crippen molar-refractivity contribution >= 4 is 15.9 Å². The predicted molar refractivity (Wildman–Crippen MR) is 78.8 cm³/mol. The summed E-state index contributed by atoms with van der Waals surface area (Å²) in [6, 6.07) is 7.85. The van der Waals surface area contributed by atoms with E-state index in [1.54, 1.807) is 19.5 Å². The maximum Gasteiger partial charge on any atom is 0.137 e. The van der Waals surface area contributed by atoms with Crippen molar-refractivity contribution in [2.75, 3.05) is 7.11 Å². The van der Waals surface area contributed by atoms with Crippen LogP contribution in [-0.2, 0) is 0 Å². The van der Waals surface area contributed by atoms with E-state index in [0.29, 0.717) is 5.75 Å². The van der Waals surface area contributed by atoms with Gasteiger partial charge in [-0.05, 0) is 35.7 Å². The zero-order chi connectivity index (χ0) is 13.8. The molecular weight excluding hydrogens is 306 g/mol. The Morgan fingerprint density at radius 3 is 2.84 bits per heavy atom. The molecule has 19 heavy (non-hydrogen) atoms. The molecular formula is C14H16BrN3O. The molecule has 0 amide bonds. The number of nitrogens with one attached hydrogen (secondary N) is 1. The largest absolute Gasteiger partial charge is 0.495 e. The Labute approximate surface area is 121 Å². The fraction of sp³-hybridized carbons (Fsp3) is 0.214. The van der Waals surface area contributed by atoms with Gasteiger partial charge in [-0.25, -0.2) is 5.43 Å². The van der Waals surface area contributed by atoms with E-state index in [1.165, 1.54) is 0 Å². The van der Waals surface area contributed by atoms with E-state index in [0.717, 1.165) is 21.2 Å². The van der Waals surface area contributed by atoms with Gasteiger partial charge in [0, 0.05) is 10.7 Å². The van der Waals surface area contributed by atoms with Crippen LogP contribution in [-0.4, -0.2) is 12.1 Å². The number of hydrogen-bond acceptors (Lipinski definition) is 4. The Bertz CT molecular complexity index is 574. The lowest BCUT2D eigenvalue weighted by Crippen LogP contribution is -2.29. The molecule has 5 heteroatoms. The highest BCUT2D eigenvalue weighted by Gasteiger charge is 2.16. The molecule has 2 aromatic rings. The van der Waals surface area contributed by atoms with Crippen molar-refractivity contribution in [3.63, 3.8) is 0 Å². The molecule has 0 fully saturated rings. The predicted octanol–water partition coefficient (Wildman–Crippen LogP) is 2.71. The highest BCUT2D eigenvalue weighted by molar-refractivity contribution is 9.10. The topological polar surface area (TPSA) is 60.2 Å². The third kappa shape index (κ3) is 2.94. The van der Waals surface area contributed by atoms with E-state index >= 15 is 0 Å². The van der Waals surface area contributed by atoms with Crippen molar-refractivity contribution in [1.29, 1.82) is 0 Å². The maximum atomic E-state index is 5.71. The van der Waals surface area contributed by atoms with Gasteiger partial charge in [-0.15, -0.1) is 0 Å². The number of nitrogens with zero attached hydrogens (tertiary/aromatic N) is 1. The monoisotopic (exact) mass is 321 g/mol. The Hall–Kier alpha value is -1.43. The lowest BCUT2D eigenvalue weighted by Gasteiger charge is -2.19. The van der Waals surface area contributed by atoms with E-state index < -0.39 is 0 Å². The number of aromatic nitrogens is 1. The van der Waals surface area contributed by atoms with Crippen LogP contribution in [0.15, 0.2) is 41.1 Å².